The Kier molecular flexibility index (Phi) is 7.49. The van der Waals surface area contributed by atoms with E-state index in [1.807, 2.05) is 0 Å². The van der Waals surface area contributed by atoms with Gasteiger partial charge in [0.2, 0.25) is 0 Å². The fourth-order valence-electron chi connectivity index (χ4n) is 3.89. The molecule has 0 radical (unpaired) electrons. The number of aliphatic hydroxyl groups is 1. The van der Waals surface area contributed by atoms with Gasteiger partial charge in [0.05, 0.1) is 29.5 Å². The Bertz CT molecular complexity index is 1170. The molecule has 1 aliphatic carbocycles. The number of carbonyl (C=O) groups is 1. The molecule has 0 bridgehead atoms. The van der Waals surface area contributed by atoms with Crippen molar-refractivity contribution in [3.05, 3.63) is 36.0 Å². The number of nitriles is 1. The van der Waals surface area contributed by atoms with Crippen molar-refractivity contribution in [3.8, 4) is 6.07 Å². The molecule has 1 amide bonds. The molecule has 0 saturated heterocycles. The Hall–Kier alpha value is -3.15. The highest BCUT2D eigenvalue weighted by atomic mass is 32.2. The van der Waals surface area contributed by atoms with E-state index in [4.69, 9.17) is 10.8 Å². The number of anilines is 2. The second kappa shape index (κ2) is 10.00. The first-order valence-corrected chi connectivity index (χ1v) is 11.8. The molecule has 184 valence electrons. The molecule has 1 aliphatic rings. The molecule has 0 aliphatic heterocycles. The molecule has 1 aromatic carbocycles. The van der Waals surface area contributed by atoms with E-state index in [9.17, 15) is 31.6 Å². The third kappa shape index (κ3) is 5.32. The van der Waals surface area contributed by atoms with Crippen molar-refractivity contribution in [1.29, 1.82) is 5.26 Å². The Labute approximate surface area is 193 Å². The standard InChI is InChI=1S/C20H23F3N6O4S/c21-20(22,23)34(32,33)15-4-1-13(2-5-15)27-19-16(18(25)31)11-29(28-19)17-6-3-14(26-7-8-30)9-12(17)10-24/h1-2,4-5,11-12,14,17,26,30H,3,6-9H2,(H2,25,31)(H,27,28)/t12-,14?,17+/m1/s1. The number of aliphatic hydroxyl groups excluding tert-OH is 1. The monoisotopic (exact) mass is 500 g/mol. The van der Waals surface area contributed by atoms with Crippen molar-refractivity contribution < 1.29 is 31.5 Å². The lowest BCUT2D eigenvalue weighted by Crippen LogP contribution is -2.39. The van der Waals surface area contributed by atoms with Crippen LogP contribution in [0.25, 0.3) is 0 Å². The highest BCUT2D eigenvalue weighted by molar-refractivity contribution is 7.92. The van der Waals surface area contributed by atoms with Crippen LogP contribution in [0.5, 0.6) is 0 Å². The molecule has 34 heavy (non-hydrogen) atoms. The van der Waals surface area contributed by atoms with E-state index in [1.165, 1.54) is 10.9 Å². The van der Waals surface area contributed by atoms with Crippen LogP contribution in [0.4, 0.5) is 24.7 Å². The number of nitrogens with zero attached hydrogens (tertiary/aromatic N) is 3. The zero-order chi connectivity index (χ0) is 25.1. The summed E-state index contributed by atoms with van der Waals surface area (Å²) < 4.78 is 62.7. The molecule has 3 rings (SSSR count). The van der Waals surface area contributed by atoms with Gasteiger partial charge in [-0.3, -0.25) is 9.48 Å². The molecule has 1 aromatic heterocycles. The van der Waals surface area contributed by atoms with E-state index < -0.39 is 32.1 Å². The van der Waals surface area contributed by atoms with Gasteiger partial charge in [-0.15, -0.1) is 0 Å². The third-order valence-electron chi connectivity index (χ3n) is 5.59. The van der Waals surface area contributed by atoms with Crippen molar-refractivity contribution in [2.45, 2.75) is 41.7 Å². The molecule has 1 unspecified atom stereocenters. The first-order chi connectivity index (χ1) is 16.0. The van der Waals surface area contributed by atoms with Gasteiger partial charge in [-0.1, -0.05) is 0 Å². The normalized spacial score (nSPS) is 21.1. The SMILES string of the molecule is N#C[C@H]1CC(NCCO)CC[C@@H]1n1cc(C(N)=O)c(Nc2ccc(S(=O)(=O)C(F)(F)F)cc2)n1. The first-order valence-electron chi connectivity index (χ1n) is 10.3. The number of nitrogens with one attached hydrogen (secondary N) is 2. The summed E-state index contributed by atoms with van der Waals surface area (Å²) in [6, 6.07) is 5.77. The summed E-state index contributed by atoms with van der Waals surface area (Å²) in [7, 11) is -5.49. The summed E-state index contributed by atoms with van der Waals surface area (Å²) in [6.07, 6.45) is 3.21. The molecule has 1 heterocycles. The highest BCUT2D eigenvalue weighted by Gasteiger charge is 2.46. The number of carbonyl (C=O) groups excluding carboxylic acids is 1. The average molecular weight is 501 g/mol. The molecular formula is C20H23F3N6O4S. The molecule has 10 nitrogen and oxygen atoms in total. The lowest BCUT2D eigenvalue weighted by atomic mass is 9.82. The van der Waals surface area contributed by atoms with Crippen molar-refractivity contribution in [2.24, 2.45) is 11.7 Å². The van der Waals surface area contributed by atoms with Crippen LogP contribution in [0.1, 0.15) is 35.7 Å². The minimum atomic E-state index is -5.49. The Morgan fingerprint density at radius 1 is 1.29 bits per heavy atom. The Morgan fingerprint density at radius 2 is 1.97 bits per heavy atom. The van der Waals surface area contributed by atoms with Crippen LogP contribution in [0.15, 0.2) is 35.4 Å². The van der Waals surface area contributed by atoms with Gasteiger partial charge in [-0.2, -0.15) is 23.5 Å². The largest absolute Gasteiger partial charge is 0.501 e. The van der Waals surface area contributed by atoms with E-state index in [2.05, 4.69) is 21.8 Å². The highest BCUT2D eigenvalue weighted by Crippen LogP contribution is 2.35. The van der Waals surface area contributed by atoms with Gasteiger partial charge in [0.25, 0.3) is 15.7 Å². The molecule has 14 heteroatoms. The fraction of sp³-hybridized carbons (Fsp3) is 0.450. The van der Waals surface area contributed by atoms with Crippen LogP contribution < -0.4 is 16.4 Å². The van der Waals surface area contributed by atoms with Crippen LogP contribution in [0.2, 0.25) is 0 Å². The van der Waals surface area contributed by atoms with Crippen LogP contribution in [-0.4, -0.2) is 53.9 Å². The number of rotatable bonds is 8. The zero-order valence-electron chi connectivity index (χ0n) is 17.8. The summed E-state index contributed by atoms with van der Waals surface area (Å²) in [5.74, 6) is -1.21. The number of primary amides is 1. The first kappa shape index (κ1) is 25.5. The second-order valence-corrected chi connectivity index (χ2v) is 9.77. The number of benzene rings is 1. The van der Waals surface area contributed by atoms with Gasteiger partial charge in [-0.25, -0.2) is 8.42 Å². The Balaban J connectivity index is 1.82. The van der Waals surface area contributed by atoms with Crippen molar-refractivity contribution in [3.63, 3.8) is 0 Å². The number of halogens is 3. The summed E-state index contributed by atoms with van der Waals surface area (Å²) in [4.78, 5) is 11.0. The summed E-state index contributed by atoms with van der Waals surface area (Å²) >= 11 is 0. The van der Waals surface area contributed by atoms with Crippen LogP contribution in [0.3, 0.4) is 0 Å². The van der Waals surface area contributed by atoms with E-state index in [0.717, 1.165) is 24.3 Å². The molecule has 0 spiro atoms. The lowest BCUT2D eigenvalue weighted by Gasteiger charge is -2.33. The molecule has 1 fully saturated rings. The topological polar surface area (TPSA) is 163 Å². The number of nitrogens with two attached hydrogens (primary N) is 1. The minimum Gasteiger partial charge on any atom is -0.395 e. The maximum atomic E-state index is 12.7. The number of aromatic nitrogens is 2. The van der Waals surface area contributed by atoms with Crippen molar-refractivity contribution in [1.82, 2.24) is 15.1 Å². The van der Waals surface area contributed by atoms with Crippen LogP contribution >= 0.6 is 0 Å². The number of hydrogen-bond acceptors (Lipinski definition) is 8. The zero-order valence-corrected chi connectivity index (χ0v) is 18.6. The predicted molar refractivity (Wildman–Crippen MR) is 115 cm³/mol. The van der Waals surface area contributed by atoms with Crippen LogP contribution in [-0.2, 0) is 9.84 Å². The van der Waals surface area contributed by atoms with Crippen LogP contribution in [0, 0.1) is 17.2 Å². The van der Waals surface area contributed by atoms with Crippen molar-refractivity contribution >= 4 is 27.2 Å². The number of amides is 1. The van der Waals surface area contributed by atoms with E-state index in [-0.39, 0.29) is 35.8 Å². The molecular weight excluding hydrogens is 477 g/mol. The fourth-order valence-corrected chi connectivity index (χ4v) is 4.65. The molecule has 1 saturated carbocycles. The Morgan fingerprint density at radius 3 is 2.53 bits per heavy atom. The van der Waals surface area contributed by atoms with E-state index >= 15 is 0 Å². The van der Waals surface area contributed by atoms with Gasteiger partial charge in [0.15, 0.2) is 5.82 Å². The van der Waals surface area contributed by atoms with Gasteiger partial charge in [-0.05, 0) is 43.5 Å². The summed E-state index contributed by atoms with van der Waals surface area (Å²) in [5, 5.41) is 28.9. The predicted octanol–water partition coefficient (Wildman–Crippen LogP) is 1.83. The maximum absolute atomic E-state index is 12.7. The van der Waals surface area contributed by atoms with Gasteiger partial charge in [0, 0.05) is 24.5 Å². The van der Waals surface area contributed by atoms with Gasteiger partial charge >= 0.3 is 5.51 Å². The quantitative estimate of drug-likeness (QED) is 0.427. The molecule has 5 N–H and O–H groups in total. The van der Waals surface area contributed by atoms with E-state index in [1.54, 1.807) is 0 Å². The van der Waals surface area contributed by atoms with Crippen molar-refractivity contribution in [2.75, 3.05) is 18.5 Å². The summed E-state index contributed by atoms with van der Waals surface area (Å²) in [6.45, 7) is 0.397. The van der Waals surface area contributed by atoms with Gasteiger partial charge in [0.1, 0.15) is 5.56 Å². The lowest BCUT2D eigenvalue weighted by molar-refractivity contribution is -0.0436. The maximum Gasteiger partial charge on any atom is 0.501 e. The average Bonchev–Trinajstić information content (AvgIpc) is 3.21. The number of sulfone groups is 1. The smallest absolute Gasteiger partial charge is 0.395 e. The molecule has 3 atom stereocenters. The van der Waals surface area contributed by atoms with E-state index in [0.29, 0.717) is 25.8 Å². The summed E-state index contributed by atoms with van der Waals surface area (Å²) in [5.41, 5.74) is 0.209. The third-order valence-corrected chi connectivity index (χ3v) is 7.10. The minimum absolute atomic E-state index is 0.00390. The number of hydrogen-bond donors (Lipinski definition) is 4. The van der Waals surface area contributed by atoms with Gasteiger partial charge < -0.3 is 21.5 Å². The molecule has 2 aromatic rings. The number of alkyl halides is 3. The second-order valence-electron chi connectivity index (χ2n) is 7.82.